The van der Waals surface area contributed by atoms with E-state index in [0.717, 1.165) is 15.8 Å². The molecule has 0 amide bonds. The second-order valence-electron chi connectivity index (χ2n) is 3.02. The van der Waals surface area contributed by atoms with Crippen LogP contribution in [0.4, 0.5) is 5.69 Å². The molecule has 0 radical (unpaired) electrons. The van der Waals surface area contributed by atoms with Crippen LogP contribution in [-0.2, 0) is 0 Å². The molecule has 2 rings (SSSR count). The monoisotopic (exact) mass is 208 g/mol. The summed E-state index contributed by atoms with van der Waals surface area (Å²) in [6.07, 6.45) is 0. The van der Waals surface area contributed by atoms with Gasteiger partial charge in [-0.15, -0.1) is 0 Å². The molecule has 0 fully saturated rings. The van der Waals surface area contributed by atoms with Crippen LogP contribution in [0.25, 0.3) is 10.1 Å². The minimum absolute atomic E-state index is 0.207. The van der Waals surface area contributed by atoms with E-state index in [1.807, 2.05) is 6.92 Å². The van der Waals surface area contributed by atoms with Gasteiger partial charge in [-0.2, -0.15) is 4.37 Å². The number of carbonyl (C=O) groups is 1. The Morgan fingerprint density at radius 3 is 2.93 bits per heavy atom. The summed E-state index contributed by atoms with van der Waals surface area (Å²) in [6.45, 7) is 1.84. The molecule has 0 aliphatic rings. The predicted molar refractivity (Wildman–Crippen MR) is 55.7 cm³/mol. The molecule has 0 saturated carbocycles. The minimum atomic E-state index is -0.968. The highest BCUT2D eigenvalue weighted by Gasteiger charge is 2.10. The number of rotatable bonds is 1. The third-order valence-corrected chi connectivity index (χ3v) is 3.03. The molecule has 14 heavy (non-hydrogen) atoms. The van der Waals surface area contributed by atoms with E-state index in [4.69, 9.17) is 10.8 Å². The van der Waals surface area contributed by atoms with E-state index in [1.165, 1.54) is 17.6 Å². The van der Waals surface area contributed by atoms with Crippen LogP contribution in [-0.4, -0.2) is 15.4 Å². The SMILES string of the molecule is Cc1nsc2c(N)cc(C(=O)O)cc12. The van der Waals surface area contributed by atoms with E-state index in [9.17, 15) is 4.79 Å². The first kappa shape index (κ1) is 8.96. The molecule has 0 unspecified atom stereocenters. The number of aromatic nitrogens is 1. The third-order valence-electron chi connectivity index (χ3n) is 2.03. The Balaban J connectivity index is 2.82. The van der Waals surface area contributed by atoms with Crippen molar-refractivity contribution in [3.63, 3.8) is 0 Å². The number of nitrogens with zero attached hydrogens (tertiary/aromatic N) is 1. The molecule has 4 nitrogen and oxygen atoms in total. The highest BCUT2D eigenvalue weighted by molar-refractivity contribution is 7.14. The largest absolute Gasteiger partial charge is 0.478 e. The van der Waals surface area contributed by atoms with Gasteiger partial charge in [0.25, 0.3) is 0 Å². The van der Waals surface area contributed by atoms with Gasteiger partial charge < -0.3 is 10.8 Å². The molecule has 2 aromatic rings. The van der Waals surface area contributed by atoms with Gasteiger partial charge in [-0.1, -0.05) is 0 Å². The zero-order chi connectivity index (χ0) is 10.3. The molecule has 1 aromatic heterocycles. The molecule has 0 atom stereocenters. The third kappa shape index (κ3) is 1.22. The van der Waals surface area contributed by atoms with Gasteiger partial charge >= 0.3 is 5.97 Å². The summed E-state index contributed by atoms with van der Waals surface area (Å²) in [5.74, 6) is -0.968. The van der Waals surface area contributed by atoms with Crippen LogP contribution < -0.4 is 5.73 Å². The predicted octanol–water partition coefficient (Wildman–Crippen LogP) is 1.89. The Hall–Kier alpha value is -1.62. The molecule has 0 bridgehead atoms. The Bertz CT molecular complexity index is 519. The smallest absolute Gasteiger partial charge is 0.335 e. The molecule has 1 aromatic carbocycles. The van der Waals surface area contributed by atoms with E-state index >= 15 is 0 Å². The molecule has 72 valence electrons. The van der Waals surface area contributed by atoms with Crippen molar-refractivity contribution >= 4 is 33.3 Å². The first-order valence-corrected chi connectivity index (χ1v) is 4.75. The first-order chi connectivity index (χ1) is 6.59. The molecule has 0 aliphatic heterocycles. The number of aromatic carboxylic acids is 1. The lowest BCUT2D eigenvalue weighted by Crippen LogP contribution is -1.97. The molecule has 3 N–H and O–H groups in total. The van der Waals surface area contributed by atoms with Crippen molar-refractivity contribution in [2.24, 2.45) is 0 Å². The van der Waals surface area contributed by atoms with Crippen LogP contribution in [0.1, 0.15) is 16.1 Å². The maximum Gasteiger partial charge on any atom is 0.335 e. The number of hydrogen-bond acceptors (Lipinski definition) is 4. The Labute approximate surface area is 84.1 Å². The fraction of sp³-hybridized carbons (Fsp3) is 0.111. The fourth-order valence-corrected chi connectivity index (χ4v) is 2.10. The van der Waals surface area contributed by atoms with Gasteiger partial charge in [-0.25, -0.2) is 4.79 Å². The van der Waals surface area contributed by atoms with Crippen molar-refractivity contribution in [1.82, 2.24) is 4.37 Å². The van der Waals surface area contributed by atoms with Crippen molar-refractivity contribution in [2.75, 3.05) is 5.73 Å². The molecule has 0 saturated heterocycles. The van der Waals surface area contributed by atoms with Gasteiger partial charge in [0.1, 0.15) is 0 Å². The van der Waals surface area contributed by atoms with Gasteiger partial charge in [-0.05, 0) is 30.6 Å². The quantitative estimate of drug-likeness (QED) is 0.701. The highest BCUT2D eigenvalue weighted by atomic mass is 32.1. The van der Waals surface area contributed by atoms with Crippen molar-refractivity contribution < 1.29 is 9.90 Å². The second-order valence-corrected chi connectivity index (χ2v) is 3.79. The van der Waals surface area contributed by atoms with Crippen LogP contribution >= 0.6 is 11.5 Å². The number of anilines is 1. The number of aryl methyl sites for hydroxylation is 1. The van der Waals surface area contributed by atoms with Crippen LogP contribution in [0.15, 0.2) is 12.1 Å². The lowest BCUT2D eigenvalue weighted by Gasteiger charge is -1.98. The number of carboxylic acid groups (broad SMARTS) is 1. The van der Waals surface area contributed by atoms with E-state index in [1.54, 1.807) is 6.07 Å². The number of nitrogen functional groups attached to an aromatic ring is 1. The summed E-state index contributed by atoms with van der Waals surface area (Å²) in [5, 5.41) is 9.65. The maximum atomic E-state index is 10.8. The molecule has 0 aliphatic carbocycles. The van der Waals surface area contributed by atoms with Crippen molar-refractivity contribution in [3.05, 3.63) is 23.4 Å². The van der Waals surface area contributed by atoms with Crippen LogP contribution in [0.5, 0.6) is 0 Å². The number of nitrogens with two attached hydrogens (primary N) is 1. The summed E-state index contributed by atoms with van der Waals surface area (Å²) in [7, 11) is 0. The average molecular weight is 208 g/mol. The lowest BCUT2D eigenvalue weighted by atomic mass is 10.1. The number of carboxylic acids is 1. The van der Waals surface area contributed by atoms with Crippen LogP contribution in [0.2, 0.25) is 0 Å². The summed E-state index contributed by atoms with van der Waals surface area (Å²) < 4.78 is 4.98. The van der Waals surface area contributed by atoms with Gasteiger partial charge in [0.05, 0.1) is 21.6 Å². The molecule has 0 spiro atoms. The van der Waals surface area contributed by atoms with E-state index in [0.29, 0.717) is 5.69 Å². The molecular formula is C9H8N2O2S. The molecule has 1 heterocycles. The summed E-state index contributed by atoms with van der Waals surface area (Å²) in [5.41, 5.74) is 7.22. The number of hydrogen-bond donors (Lipinski definition) is 2. The Morgan fingerprint density at radius 2 is 2.29 bits per heavy atom. The van der Waals surface area contributed by atoms with E-state index in [2.05, 4.69) is 4.37 Å². The number of fused-ring (bicyclic) bond motifs is 1. The fourth-order valence-electron chi connectivity index (χ4n) is 1.31. The summed E-state index contributed by atoms with van der Waals surface area (Å²) in [4.78, 5) is 10.8. The molecular weight excluding hydrogens is 200 g/mol. The maximum absolute atomic E-state index is 10.8. The molecule has 5 heteroatoms. The van der Waals surface area contributed by atoms with Crippen LogP contribution in [0.3, 0.4) is 0 Å². The van der Waals surface area contributed by atoms with Gasteiger partial charge in [-0.3, -0.25) is 0 Å². The standard InChI is InChI=1S/C9H8N2O2S/c1-4-6-2-5(9(12)13)3-7(10)8(6)14-11-4/h2-3H,10H2,1H3,(H,12,13). The van der Waals surface area contributed by atoms with Crippen molar-refractivity contribution in [2.45, 2.75) is 6.92 Å². The van der Waals surface area contributed by atoms with Gasteiger partial charge in [0.15, 0.2) is 0 Å². The van der Waals surface area contributed by atoms with E-state index < -0.39 is 5.97 Å². The number of benzene rings is 1. The summed E-state index contributed by atoms with van der Waals surface area (Å²) >= 11 is 1.29. The highest BCUT2D eigenvalue weighted by Crippen LogP contribution is 2.29. The lowest BCUT2D eigenvalue weighted by molar-refractivity contribution is 0.0697. The van der Waals surface area contributed by atoms with Gasteiger partial charge in [0.2, 0.25) is 0 Å². The zero-order valence-electron chi connectivity index (χ0n) is 7.44. The van der Waals surface area contributed by atoms with Crippen LogP contribution in [0, 0.1) is 6.92 Å². The average Bonchev–Trinajstić information content (AvgIpc) is 2.48. The zero-order valence-corrected chi connectivity index (χ0v) is 8.26. The Morgan fingerprint density at radius 1 is 1.57 bits per heavy atom. The van der Waals surface area contributed by atoms with Crippen molar-refractivity contribution in [1.29, 1.82) is 0 Å². The van der Waals surface area contributed by atoms with Crippen molar-refractivity contribution in [3.8, 4) is 0 Å². The van der Waals surface area contributed by atoms with Gasteiger partial charge in [0, 0.05) is 5.39 Å². The Kier molecular flexibility index (Phi) is 1.89. The first-order valence-electron chi connectivity index (χ1n) is 3.98. The normalized spacial score (nSPS) is 10.6. The minimum Gasteiger partial charge on any atom is -0.478 e. The van der Waals surface area contributed by atoms with E-state index in [-0.39, 0.29) is 5.56 Å². The second kappa shape index (κ2) is 2.95. The summed E-state index contributed by atoms with van der Waals surface area (Å²) in [6, 6.07) is 3.06. The topological polar surface area (TPSA) is 76.2 Å².